The van der Waals surface area contributed by atoms with Crippen LogP contribution >= 0.6 is 0 Å². The normalized spacial score (nSPS) is 19.0. The van der Waals surface area contributed by atoms with E-state index >= 15 is 0 Å². The summed E-state index contributed by atoms with van der Waals surface area (Å²) in [5.41, 5.74) is 2.32. The molecule has 3 heteroatoms. The van der Waals surface area contributed by atoms with Gasteiger partial charge in [-0.3, -0.25) is 4.79 Å². The summed E-state index contributed by atoms with van der Waals surface area (Å²) >= 11 is 0. The fourth-order valence-electron chi connectivity index (χ4n) is 2.18. The van der Waals surface area contributed by atoms with Crippen molar-refractivity contribution in [2.24, 2.45) is 5.92 Å². The van der Waals surface area contributed by atoms with E-state index in [1.165, 1.54) is 5.56 Å². The fraction of sp³-hybridized carbons (Fsp3) is 0.400. The topological polar surface area (TPSA) is 41.1 Å². The molecule has 1 aliphatic heterocycles. The number of carbonyl (C=O) groups excluding carboxylic acids is 1. The molecule has 1 aliphatic rings. The first kappa shape index (κ1) is 12.5. The Balaban J connectivity index is 2.01. The van der Waals surface area contributed by atoms with E-state index in [4.69, 9.17) is 6.42 Å². The molecule has 1 heterocycles. The monoisotopic (exact) mass is 242 g/mol. The highest BCUT2D eigenvalue weighted by molar-refractivity contribution is 5.81. The van der Waals surface area contributed by atoms with E-state index in [1.807, 2.05) is 25.1 Å². The minimum Gasteiger partial charge on any atom is -0.384 e. The summed E-state index contributed by atoms with van der Waals surface area (Å²) in [6.07, 6.45) is 6.89. The lowest BCUT2D eigenvalue weighted by Gasteiger charge is -2.26. The summed E-state index contributed by atoms with van der Waals surface area (Å²) in [5.74, 6) is 2.59. The summed E-state index contributed by atoms with van der Waals surface area (Å²) in [7, 11) is 0. The predicted octanol–water partition coefficient (Wildman–Crippen LogP) is 1.80. The van der Waals surface area contributed by atoms with Gasteiger partial charge in [-0.15, -0.1) is 6.42 Å². The van der Waals surface area contributed by atoms with Crippen LogP contribution in [-0.2, 0) is 11.2 Å². The number of benzene rings is 1. The molecule has 0 aliphatic carbocycles. The van der Waals surface area contributed by atoms with Crippen LogP contribution in [0, 0.1) is 18.3 Å². The summed E-state index contributed by atoms with van der Waals surface area (Å²) in [6.45, 7) is 2.64. The number of nitrogens with one attached hydrogen (secondary N) is 2. The van der Waals surface area contributed by atoms with Crippen molar-refractivity contribution in [1.82, 2.24) is 5.32 Å². The van der Waals surface area contributed by atoms with Gasteiger partial charge in [0.15, 0.2) is 0 Å². The average Bonchev–Trinajstić information content (AvgIpc) is 2.44. The molecule has 1 aromatic rings. The fourth-order valence-corrected chi connectivity index (χ4v) is 2.18. The molecule has 0 aromatic heterocycles. The number of amides is 1. The number of para-hydroxylation sites is 1. The first-order chi connectivity index (χ1) is 8.74. The van der Waals surface area contributed by atoms with Crippen LogP contribution in [0.4, 0.5) is 5.69 Å². The largest absolute Gasteiger partial charge is 0.384 e. The van der Waals surface area contributed by atoms with E-state index in [2.05, 4.69) is 22.6 Å². The van der Waals surface area contributed by atoms with Gasteiger partial charge in [-0.1, -0.05) is 31.0 Å². The van der Waals surface area contributed by atoms with Crippen LogP contribution in [0.1, 0.15) is 18.9 Å². The lowest BCUT2D eigenvalue weighted by molar-refractivity contribution is -0.125. The minimum atomic E-state index is -0.158. The van der Waals surface area contributed by atoms with E-state index < -0.39 is 0 Å². The van der Waals surface area contributed by atoms with Gasteiger partial charge in [0, 0.05) is 12.2 Å². The van der Waals surface area contributed by atoms with Crippen molar-refractivity contribution in [3.05, 3.63) is 29.8 Å². The van der Waals surface area contributed by atoms with Crippen LogP contribution in [0.15, 0.2) is 24.3 Å². The van der Waals surface area contributed by atoms with Crippen LogP contribution in [-0.4, -0.2) is 18.5 Å². The molecule has 0 spiro atoms. The van der Waals surface area contributed by atoms with Crippen LogP contribution < -0.4 is 10.6 Å². The van der Waals surface area contributed by atoms with Gasteiger partial charge in [-0.2, -0.15) is 0 Å². The molecule has 3 nitrogen and oxygen atoms in total. The molecule has 94 valence electrons. The minimum absolute atomic E-state index is 0.0395. The molecule has 0 saturated carbocycles. The highest BCUT2D eigenvalue weighted by Gasteiger charge is 2.25. The van der Waals surface area contributed by atoms with E-state index in [0.29, 0.717) is 6.54 Å². The maximum atomic E-state index is 12.1. The molecular weight excluding hydrogens is 224 g/mol. The molecule has 2 atom stereocenters. The van der Waals surface area contributed by atoms with Gasteiger partial charge in [0.05, 0.1) is 12.0 Å². The Kier molecular flexibility index (Phi) is 3.88. The number of rotatable bonds is 3. The zero-order chi connectivity index (χ0) is 13.0. The van der Waals surface area contributed by atoms with Gasteiger partial charge in [0.2, 0.25) is 5.91 Å². The van der Waals surface area contributed by atoms with Crippen molar-refractivity contribution in [1.29, 1.82) is 0 Å². The molecule has 0 fully saturated rings. The second kappa shape index (κ2) is 5.59. The SMILES string of the molecule is C#CC(CC)NC(=O)C1CNc2ccccc2C1. The Morgan fingerprint density at radius 2 is 2.39 bits per heavy atom. The van der Waals surface area contributed by atoms with Gasteiger partial charge < -0.3 is 10.6 Å². The average molecular weight is 242 g/mol. The summed E-state index contributed by atoms with van der Waals surface area (Å²) in [4.78, 5) is 12.1. The zero-order valence-electron chi connectivity index (χ0n) is 10.6. The van der Waals surface area contributed by atoms with Crippen LogP contribution in [0.3, 0.4) is 0 Å². The second-order valence-electron chi connectivity index (χ2n) is 4.58. The highest BCUT2D eigenvalue weighted by Crippen LogP contribution is 2.24. The third-order valence-electron chi connectivity index (χ3n) is 3.32. The molecule has 0 saturated heterocycles. The summed E-state index contributed by atoms with van der Waals surface area (Å²) in [5, 5.41) is 6.19. The van der Waals surface area contributed by atoms with Crippen molar-refractivity contribution in [2.75, 3.05) is 11.9 Å². The Bertz CT molecular complexity index is 476. The molecule has 2 N–H and O–H groups in total. The number of carbonyl (C=O) groups is 1. The van der Waals surface area contributed by atoms with Crippen LogP contribution in [0.2, 0.25) is 0 Å². The van der Waals surface area contributed by atoms with Crippen LogP contribution in [0.25, 0.3) is 0 Å². The van der Waals surface area contributed by atoms with Crippen molar-refractivity contribution in [3.8, 4) is 12.3 Å². The molecule has 1 aromatic carbocycles. The van der Waals surface area contributed by atoms with Gasteiger partial charge in [-0.25, -0.2) is 0 Å². The van der Waals surface area contributed by atoms with Crippen LogP contribution in [0.5, 0.6) is 0 Å². The maximum absolute atomic E-state index is 12.1. The van der Waals surface area contributed by atoms with E-state index in [0.717, 1.165) is 18.5 Å². The standard InChI is InChI=1S/C15H18N2O/c1-3-13(4-2)17-15(18)12-9-11-7-5-6-8-14(11)16-10-12/h1,5-8,12-13,16H,4,9-10H2,2H3,(H,17,18). The zero-order valence-corrected chi connectivity index (χ0v) is 10.6. The Hall–Kier alpha value is -1.95. The quantitative estimate of drug-likeness (QED) is 0.794. The highest BCUT2D eigenvalue weighted by atomic mass is 16.1. The van der Waals surface area contributed by atoms with Gasteiger partial charge >= 0.3 is 0 Å². The number of anilines is 1. The number of terminal acetylenes is 1. The van der Waals surface area contributed by atoms with Crippen molar-refractivity contribution >= 4 is 11.6 Å². The van der Waals surface area contributed by atoms with Crippen molar-refractivity contribution in [3.63, 3.8) is 0 Å². The Labute approximate surface area is 108 Å². The number of hydrogen-bond donors (Lipinski definition) is 2. The van der Waals surface area contributed by atoms with Crippen molar-refractivity contribution < 1.29 is 4.79 Å². The molecule has 0 radical (unpaired) electrons. The molecule has 1 amide bonds. The third-order valence-corrected chi connectivity index (χ3v) is 3.32. The summed E-state index contributed by atoms with van der Waals surface area (Å²) in [6, 6.07) is 7.93. The third kappa shape index (κ3) is 2.65. The van der Waals surface area contributed by atoms with Gasteiger partial charge in [-0.05, 0) is 24.5 Å². The molecular formula is C15H18N2O. The predicted molar refractivity (Wildman–Crippen MR) is 73.2 cm³/mol. The van der Waals surface area contributed by atoms with E-state index in [-0.39, 0.29) is 17.9 Å². The van der Waals surface area contributed by atoms with E-state index in [1.54, 1.807) is 0 Å². The molecule has 0 bridgehead atoms. The first-order valence-corrected chi connectivity index (χ1v) is 6.33. The molecule has 2 unspecified atom stereocenters. The second-order valence-corrected chi connectivity index (χ2v) is 4.58. The van der Waals surface area contributed by atoms with Gasteiger partial charge in [0.1, 0.15) is 0 Å². The summed E-state index contributed by atoms with van der Waals surface area (Å²) < 4.78 is 0. The van der Waals surface area contributed by atoms with Crippen molar-refractivity contribution in [2.45, 2.75) is 25.8 Å². The Morgan fingerprint density at radius 3 is 3.11 bits per heavy atom. The van der Waals surface area contributed by atoms with Gasteiger partial charge in [0.25, 0.3) is 0 Å². The molecule has 18 heavy (non-hydrogen) atoms. The number of hydrogen-bond acceptors (Lipinski definition) is 2. The first-order valence-electron chi connectivity index (χ1n) is 6.33. The smallest absolute Gasteiger partial charge is 0.226 e. The number of fused-ring (bicyclic) bond motifs is 1. The molecule has 2 rings (SSSR count). The lowest BCUT2D eigenvalue weighted by Crippen LogP contribution is -2.42. The van der Waals surface area contributed by atoms with E-state index in [9.17, 15) is 4.79 Å². The lowest BCUT2D eigenvalue weighted by atomic mass is 9.93. The maximum Gasteiger partial charge on any atom is 0.226 e. The Morgan fingerprint density at radius 1 is 1.61 bits per heavy atom.